The van der Waals surface area contributed by atoms with Crippen molar-refractivity contribution in [2.45, 2.75) is 70.3 Å². The Bertz CT molecular complexity index is 2200. The van der Waals surface area contributed by atoms with Gasteiger partial charge in [-0.15, -0.1) is 0 Å². The zero-order valence-corrected chi connectivity index (χ0v) is 30.1. The Balaban J connectivity index is 0.980. The van der Waals surface area contributed by atoms with E-state index in [1.54, 1.807) is 12.1 Å². The Kier molecular flexibility index (Phi) is 11.7. The number of aliphatic hydroxyl groups is 1. The second kappa shape index (κ2) is 17.3. The minimum Gasteiger partial charge on any atom is -0.397 e. The van der Waals surface area contributed by atoms with Crippen LogP contribution in [0.4, 0.5) is 11.4 Å². The highest BCUT2D eigenvalue weighted by Gasteiger charge is 2.33. The number of nitrogens with zero attached hydrogens (tertiary/aromatic N) is 2. The highest BCUT2D eigenvalue weighted by atomic mass is 16.7. The molecule has 10 heteroatoms. The van der Waals surface area contributed by atoms with Crippen LogP contribution in [-0.4, -0.2) is 32.6 Å². The Hall–Kier alpha value is -5.81. The van der Waals surface area contributed by atoms with Crippen LogP contribution in [0, 0.1) is 0 Å². The summed E-state index contributed by atoms with van der Waals surface area (Å²) in [5.41, 5.74) is 14.8. The predicted octanol–water partition coefficient (Wildman–Crippen LogP) is 7.84. The number of anilines is 2. The van der Waals surface area contributed by atoms with E-state index in [4.69, 9.17) is 15.2 Å². The number of fused-ring (bicyclic) bond motifs is 1. The molecule has 5 aromatic carbocycles. The fraction of sp³-hybridized carbons (Fsp3) is 0.250. The molecule has 10 nitrogen and oxygen atoms in total. The summed E-state index contributed by atoms with van der Waals surface area (Å²) < 4.78 is 15.5. The molecule has 1 fully saturated rings. The van der Waals surface area contributed by atoms with Crippen molar-refractivity contribution >= 4 is 34.2 Å². The number of imidazole rings is 1. The van der Waals surface area contributed by atoms with E-state index < -0.39 is 6.29 Å². The Morgan fingerprint density at radius 3 is 2.33 bits per heavy atom. The normalized spacial score (nSPS) is 16.9. The molecule has 1 saturated heterocycles. The second-order valence-electron chi connectivity index (χ2n) is 13.7. The third-order valence-corrected chi connectivity index (χ3v) is 9.74. The first kappa shape index (κ1) is 36.5. The largest absolute Gasteiger partial charge is 0.397 e. The Morgan fingerprint density at radius 1 is 0.778 bits per heavy atom. The van der Waals surface area contributed by atoms with Gasteiger partial charge in [0, 0.05) is 31.4 Å². The molecular weight excluding hydrogens is 679 g/mol. The number of hydrogen-bond donors (Lipinski definition) is 4. The molecule has 7 rings (SSSR count). The summed E-state index contributed by atoms with van der Waals surface area (Å²) in [6.07, 6.45) is 3.43. The van der Waals surface area contributed by atoms with E-state index in [0.717, 1.165) is 44.4 Å². The molecule has 3 atom stereocenters. The zero-order chi connectivity index (χ0) is 37.3. The van der Waals surface area contributed by atoms with Crippen LogP contribution in [-0.2, 0) is 38.8 Å². The van der Waals surface area contributed by atoms with Gasteiger partial charge in [-0.05, 0) is 77.1 Å². The van der Waals surface area contributed by atoms with Crippen molar-refractivity contribution in [3.8, 4) is 11.1 Å². The molecule has 2 amide bonds. The molecule has 54 heavy (non-hydrogen) atoms. The minimum absolute atomic E-state index is 0.0117. The monoisotopic (exact) mass is 723 g/mol. The molecule has 1 aliphatic heterocycles. The third-order valence-electron chi connectivity index (χ3n) is 9.74. The number of aromatic nitrogens is 2. The number of amides is 2. The number of carbonyl (C=O) groups excluding carboxylic acids is 2. The van der Waals surface area contributed by atoms with Crippen molar-refractivity contribution in [1.29, 1.82) is 0 Å². The van der Waals surface area contributed by atoms with Crippen molar-refractivity contribution in [2.75, 3.05) is 11.1 Å². The lowest BCUT2D eigenvalue weighted by Gasteiger charge is -2.36. The molecule has 0 bridgehead atoms. The topological polar surface area (TPSA) is 141 Å². The molecule has 276 valence electrons. The quantitative estimate of drug-likeness (QED) is 0.0663. The summed E-state index contributed by atoms with van der Waals surface area (Å²) in [7, 11) is 0. The first-order valence-electron chi connectivity index (χ1n) is 18.4. The average Bonchev–Trinajstić information content (AvgIpc) is 3.62. The molecule has 0 unspecified atom stereocenters. The van der Waals surface area contributed by atoms with Crippen LogP contribution in [0.15, 0.2) is 128 Å². The third kappa shape index (κ3) is 9.21. The molecule has 2 heterocycles. The highest BCUT2D eigenvalue weighted by molar-refractivity contribution is 5.93. The molecule has 0 spiro atoms. The lowest BCUT2D eigenvalue weighted by atomic mass is 9.98. The van der Waals surface area contributed by atoms with Gasteiger partial charge in [0.15, 0.2) is 6.29 Å². The van der Waals surface area contributed by atoms with Crippen molar-refractivity contribution < 1.29 is 24.2 Å². The van der Waals surface area contributed by atoms with E-state index in [0.29, 0.717) is 56.6 Å². The maximum Gasteiger partial charge on any atom is 0.224 e. The van der Waals surface area contributed by atoms with Crippen LogP contribution in [0.25, 0.3) is 22.2 Å². The van der Waals surface area contributed by atoms with Gasteiger partial charge in [0.2, 0.25) is 11.8 Å². The summed E-state index contributed by atoms with van der Waals surface area (Å²) in [5.74, 6) is -0.173. The number of ether oxygens (including phenoxy) is 2. The van der Waals surface area contributed by atoms with E-state index in [1.165, 1.54) is 0 Å². The van der Waals surface area contributed by atoms with E-state index in [1.807, 2.05) is 85.2 Å². The summed E-state index contributed by atoms with van der Waals surface area (Å²) >= 11 is 0. The first-order chi connectivity index (χ1) is 26.4. The summed E-state index contributed by atoms with van der Waals surface area (Å²) in [4.78, 5) is 29.5. The highest BCUT2D eigenvalue weighted by Crippen LogP contribution is 2.39. The van der Waals surface area contributed by atoms with Crippen LogP contribution in [0.1, 0.15) is 66.8 Å². The SMILES string of the molecule is Nc1ccccc1NC(=O)CCCCC(=O)NCc1cccc(-c2cccc([C@@H]3O[C@H](Cn4cnc5ccccc54)C[C@H](c4ccc(CO)cc4)O3)c2)c1. The number of nitrogens with one attached hydrogen (secondary N) is 2. The van der Waals surface area contributed by atoms with Gasteiger partial charge in [-0.1, -0.05) is 84.9 Å². The maximum atomic E-state index is 12.7. The van der Waals surface area contributed by atoms with Crippen molar-refractivity contribution in [1.82, 2.24) is 14.9 Å². The fourth-order valence-corrected chi connectivity index (χ4v) is 6.82. The fourth-order valence-electron chi connectivity index (χ4n) is 6.82. The van der Waals surface area contributed by atoms with Crippen LogP contribution in [0.2, 0.25) is 0 Å². The first-order valence-corrected chi connectivity index (χ1v) is 18.4. The van der Waals surface area contributed by atoms with Crippen LogP contribution in [0.3, 0.4) is 0 Å². The minimum atomic E-state index is -0.606. The molecule has 0 radical (unpaired) electrons. The maximum absolute atomic E-state index is 12.7. The van der Waals surface area contributed by atoms with Crippen molar-refractivity contribution in [3.63, 3.8) is 0 Å². The van der Waals surface area contributed by atoms with E-state index in [-0.39, 0.29) is 30.6 Å². The lowest BCUT2D eigenvalue weighted by molar-refractivity contribution is -0.252. The van der Waals surface area contributed by atoms with Crippen LogP contribution >= 0.6 is 0 Å². The predicted molar refractivity (Wildman–Crippen MR) is 210 cm³/mol. The number of unbranched alkanes of at least 4 members (excludes halogenated alkanes) is 1. The number of aliphatic hydroxyl groups excluding tert-OH is 1. The van der Waals surface area contributed by atoms with E-state index in [2.05, 4.69) is 50.5 Å². The number of rotatable bonds is 14. The van der Waals surface area contributed by atoms with Gasteiger partial charge >= 0.3 is 0 Å². The standard InChI is InChI=1S/C44H45N5O5/c45-37-13-1-2-14-38(37)48-43(52)18-6-5-17-42(51)46-26-31-9-7-10-33(23-31)34-11-8-12-35(24-34)44-53-36(27-49-29-47-39-15-3-4-16-40(39)49)25-41(54-44)32-21-19-30(28-50)20-22-32/h1-4,7-16,19-24,29,36,41,44,50H,5-6,17-18,25-28,45H2,(H,46,51)(H,48,52)/t36-,41+,44+/m0/s1. The van der Waals surface area contributed by atoms with Gasteiger partial charge in [-0.25, -0.2) is 4.98 Å². The van der Waals surface area contributed by atoms with E-state index in [9.17, 15) is 14.7 Å². The number of nitrogens with two attached hydrogens (primary N) is 1. The molecule has 0 saturated carbocycles. The summed E-state index contributed by atoms with van der Waals surface area (Å²) in [5, 5.41) is 15.4. The Morgan fingerprint density at radius 2 is 1.52 bits per heavy atom. The van der Waals surface area contributed by atoms with Gasteiger partial charge < -0.3 is 35.5 Å². The summed E-state index contributed by atoms with van der Waals surface area (Å²) in [6, 6.07) is 39.5. The van der Waals surface area contributed by atoms with Gasteiger partial charge in [0.25, 0.3) is 0 Å². The number of hydrogen-bond acceptors (Lipinski definition) is 7. The van der Waals surface area contributed by atoms with Crippen LogP contribution in [0.5, 0.6) is 0 Å². The smallest absolute Gasteiger partial charge is 0.224 e. The van der Waals surface area contributed by atoms with Gasteiger partial charge in [0.1, 0.15) is 0 Å². The molecule has 5 N–H and O–H groups in total. The zero-order valence-electron chi connectivity index (χ0n) is 30.1. The van der Waals surface area contributed by atoms with Crippen molar-refractivity contribution in [2.24, 2.45) is 0 Å². The van der Waals surface area contributed by atoms with Gasteiger partial charge in [-0.3, -0.25) is 9.59 Å². The van der Waals surface area contributed by atoms with E-state index >= 15 is 0 Å². The number of para-hydroxylation sites is 4. The molecule has 0 aliphatic carbocycles. The van der Waals surface area contributed by atoms with Crippen LogP contribution < -0.4 is 16.4 Å². The lowest BCUT2D eigenvalue weighted by Crippen LogP contribution is -2.32. The van der Waals surface area contributed by atoms with Gasteiger partial charge in [0.05, 0.1) is 54.1 Å². The molecular formula is C44H45N5O5. The number of benzene rings is 5. The molecule has 6 aromatic rings. The second-order valence-corrected chi connectivity index (χ2v) is 13.7. The summed E-state index contributed by atoms with van der Waals surface area (Å²) in [6.45, 7) is 1.01. The van der Waals surface area contributed by atoms with Crippen molar-refractivity contribution in [3.05, 3.63) is 150 Å². The Labute approximate surface area is 315 Å². The number of nitrogen functional groups attached to an aromatic ring is 1. The molecule has 1 aromatic heterocycles. The molecule has 1 aliphatic rings. The number of carbonyl (C=O) groups is 2. The average molecular weight is 724 g/mol. The van der Waals surface area contributed by atoms with Gasteiger partial charge in [-0.2, -0.15) is 0 Å².